The molecule has 0 aliphatic carbocycles. The van der Waals surface area contributed by atoms with Crippen LogP contribution in [-0.2, 0) is 12.8 Å². The number of aromatic nitrogens is 2. The zero-order valence-corrected chi connectivity index (χ0v) is 6.86. The van der Waals surface area contributed by atoms with Gasteiger partial charge < -0.3 is 0 Å². The Morgan fingerprint density at radius 1 is 1.30 bits per heavy atom. The monoisotopic (exact) mass is 138 g/mol. The lowest BCUT2D eigenvalue weighted by atomic mass is 10.1. The predicted octanol–water partition coefficient (Wildman–Crippen LogP) is 1.84. The summed E-state index contributed by atoms with van der Waals surface area (Å²) in [6.07, 6.45) is 2.12. The zero-order valence-electron chi connectivity index (χ0n) is 6.86. The van der Waals surface area contributed by atoms with E-state index in [-0.39, 0.29) is 0 Å². The lowest BCUT2D eigenvalue weighted by Gasteiger charge is -1.94. The molecular weight excluding hydrogens is 124 g/mol. The average molecular weight is 138 g/mol. The van der Waals surface area contributed by atoms with Gasteiger partial charge in [0.05, 0.1) is 5.69 Å². The Hall–Kier alpha value is -0.790. The van der Waals surface area contributed by atoms with Crippen molar-refractivity contribution in [1.82, 2.24) is 10.2 Å². The third kappa shape index (κ3) is 1.06. The van der Waals surface area contributed by atoms with E-state index >= 15 is 0 Å². The summed E-state index contributed by atoms with van der Waals surface area (Å²) in [5.74, 6) is 0. The van der Waals surface area contributed by atoms with Crippen LogP contribution in [0, 0.1) is 6.92 Å². The Morgan fingerprint density at radius 3 is 2.40 bits per heavy atom. The molecule has 2 heteroatoms. The molecule has 0 saturated carbocycles. The molecule has 0 unspecified atom stereocenters. The number of hydrogen-bond donors (Lipinski definition) is 1. The first-order chi connectivity index (χ1) is 4.79. The Kier molecular flexibility index (Phi) is 2.10. The molecule has 0 aromatic carbocycles. The molecule has 1 N–H and O–H groups in total. The molecule has 0 aliphatic heterocycles. The summed E-state index contributed by atoms with van der Waals surface area (Å²) in [7, 11) is 0. The summed E-state index contributed by atoms with van der Waals surface area (Å²) >= 11 is 0. The molecule has 1 aromatic heterocycles. The number of nitrogens with one attached hydrogen (secondary N) is 1. The molecule has 0 radical (unpaired) electrons. The lowest BCUT2D eigenvalue weighted by molar-refractivity contribution is 0.953. The van der Waals surface area contributed by atoms with Crippen LogP contribution in [0.2, 0.25) is 0 Å². The molecule has 0 spiro atoms. The van der Waals surface area contributed by atoms with Crippen LogP contribution in [-0.4, -0.2) is 10.2 Å². The van der Waals surface area contributed by atoms with Gasteiger partial charge in [0.25, 0.3) is 0 Å². The Morgan fingerprint density at radius 2 is 2.00 bits per heavy atom. The van der Waals surface area contributed by atoms with E-state index in [0.29, 0.717) is 0 Å². The van der Waals surface area contributed by atoms with Gasteiger partial charge in [0, 0.05) is 5.69 Å². The number of rotatable bonds is 2. The van der Waals surface area contributed by atoms with Crippen molar-refractivity contribution in [3.63, 3.8) is 0 Å². The van der Waals surface area contributed by atoms with E-state index in [9.17, 15) is 0 Å². The minimum atomic E-state index is 1.04. The molecule has 0 bridgehead atoms. The first-order valence-electron chi connectivity index (χ1n) is 3.82. The van der Waals surface area contributed by atoms with Crippen LogP contribution in [0.3, 0.4) is 0 Å². The van der Waals surface area contributed by atoms with Crippen LogP contribution >= 0.6 is 0 Å². The second-order valence-electron chi connectivity index (χ2n) is 2.48. The van der Waals surface area contributed by atoms with Crippen molar-refractivity contribution in [2.75, 3.05) is 0 Å². The van der Waals surface area contributed by atoms with Gasteiger partial charge in [0.1, 0.15) is 0 Å². The normalized spacial score (nSPS) is 10.3. The van der Waals surface area contributed by atoms with Crippen LogP contribution in [0.1, 0.15) is 30.8 Å². The van der Waals surface area contributed by atoms with E-state index in [1.54, 1.807) is 0 Å². The molecule has 56 valence electrons. The molecule has 0 atom stereocenters. The van der Waals surface area contributed by atoms with E-state index < -0.39 is 0 Å². The third-order valence-electron chi connectivity index (χ3n) is 1.85. The highest BCUT2D eigenvalue weighted by molar-refractivity contribution is 5.23. The van der Waals surface area contributed by atoms with Crippen LogP contribution in [0.5, 0.6) is 0 Å². The number of aryl methyl sites for hydroxylation is 2. The second kappa shape index (κ2) is 2.86. The standard InChI is InChI=1S/C8H14N2/c1-4-7-6(3)9-10-8(7)5-2/h4-5H2,1-3H3,(H,9,10). The summed E-state index contributed by atoms with van der Waals surface area (Å²) in [6, 6.07) is 0. The smallest absolute Gasteiger partial charge is 0.0653 e. The maximum Gasteiger partial charge on any atom is 0.0653 e. The first kappa shape index (κ1) is 7.32. The van der Waals surface area contributed by atoms with Gasteiger partial charge in [0.2, 0.25) is 0 Å². The fourth-order valence-electron chi connectivity index (χ4n) is 1.26. The topological polar surface area (TPSA) is 28.7 Å². The summed E-state index contributed by atoms with van der Waals surface area (Å²) in [5.41, 5.74) is 3.84. The van der Waals surface area contributed by atoms with Crippen molar-refractivity contribution in [2.45, 2.75) is 33.6 Å². The van der Waals surface area contributed by atoms with Gasteiger partial charge in [0.15, 0.2) is 0 Å². The van der Waals surface area contributed by atoms with Gasteiger partial charge in [-0.05, 0) is 25.3 Å². The third-order valence-corrected chi connectivity index (χ3v) is 1.85. The van der Waals surface area contributed by atoms with Gasteiger partial charge in [-0.15, -0.1) is 0 Å². The number of aromatic amines is 1. The van der Waals surface area contributed by atoms with Crippen molar-refractivity contribution in [1.29, 1.82) is 0 Å². The van der Waals surface area contributed by atoms with E-state index in [0.717, 1.165) is 12.8 Å². The molecule has 0 amide bonds. The molecule has 1 rings (SSSR count). The van der Waals surface area contributed by atoms with Crippen molar-refractivity contribution in [3.05, 3.63) is 17.0 Å². The molecule has 10 heavy (non-hydrogen) atoms. The fraction of sp³-hybridized carbons (Fsp3) is 0.625. The highest BCUT2D eigenvalue weighted by Crippen LogP contribution is 2.10. The van der Waals surface area contributed by atoms with Crippen molar-refractivity contribution in [2.24, 2.45) is 0 Å². The van der Waals surface area contributed by atoms with E-state index in [1.807, 2.05) is 0 Å². The van der Waals surface area contributed by atoms with Crippen molar-refractivity contribution in [3.8, 4) is 0 Å². The van der Waals surface area contributed by atoms with Gasteiger partial charge in [-0.3, -0.25) is 5.10 Å². The molecule has 0 aliphatic rings. The Balaban J connectivity index is 3.01. The zero-order chi connectivity index (χ0) is 7.56. The van der Waals surface area contributed by atoms with Gasteiger partial charge >= 0.3 is 0 Å². The van der Waals surface area contributed by atoms with Crippen molar-refractivity contribution < 1.29 is 0 Å². The molecule has 1 heterocycles. The highest BCUT2D eigenvalue weighted by Gasteiger charge is 2.04. The number of H-pyrrole nitrogens is 1. The minimum absolute atomic E-state index is 1.04. The summed E-state index contributed by atoms with van der Waals surface area (Å²) < 4.78 is 0. The number of nitrogens with zero attached hydrogens (tertiary/aromatic N) is 1. The summed E-state index contributed by atoms with van der Waals surface area (Å²) in [4.78, 5) is 0. The quantitative estimate of drug-likeness (QED) is 0.663. The van der Waals surface area contributed by atoms with Gasteiger partial charge in [-0.1, -0.05) is 13.8 Å². The fourth-order valence-corrected chi connectivity index (χ4v) is 1.26. The Bertz CT molecular complexity index is 213. The lowest BCUT2D eigenvalue weighted by Crippen LogP contribution is -1.87. The first-order valence-corrected chi connectivity index (χ1v) is 3.82. The maximum absolute atomic E-state index is 4.18. The van der Waals surface area contributed by atoms with Gasteiger partial charge in [-0.25, -0.2) is 0 Å². The molecule has 0 saturated heterocycles. The Labute approximate surface area is 61.7 Å². The molecule has 0 fully saturated rings. The van der Waals surface area contributed by atoms with Crippen LogP contribution in [0.25, 0.3) is 0 Å². The van der Waals surface area contributed by atoms with Crippen LogP contribution < -0.4 is 0 Å². The van der Waals surface area contributed by atoms with Gasteiger partial charge in [-0.2, -0.15) is 5.10 Å². The van der Waals surface area contributed by atoms with Crippen molar-refractivity contribution >= 4 is 0 Å². The average Bonchev–Trinajstić information content (AvgIpc) is 2.30. The summed E-state index contributed by atoms with van der Waals surface area (Å²) in [6.45, 7) is 6.37. The van der Waals surface area contributed by atoms with E-state index in [4.69, 9.17) is 0 Å². The number of hydrogen-bond acceptors (Lipinski definition) is 1. The highest BCUT2D eigenvalue weighted by atomic mass is 15.1. The largest absolute Gasteiger partial charge is 0.282 e. The SMILES string of the molecule is CCc1n[nH]c(C)c1CC. The second-order valence-corrected chi connectivity index (χ2v) is 2.48. The summed E-state index contributed by atoms with van der Waals surface area (Å²) in [5, 5.41) is 7.17. The van der Waals surface area contributed by atoms with Crippen LogP contribution in [0.15, 0.2) is 0 Å². The molecule has 1 aromatic rings. The van der Waals surface area contributed by atoms with E-state index in [1.165, 1.54) is 17.0 Å². The maximum atomic E-state index is 4.18. The molecule has 2 nitrogen and oxygen atoms in total. The molecular formula is C8H14N2. The van der Waals surface area contributed by atoms with E-state index in [2.05, 4.69) is 31.0 Å². The minimum Gasteiger partial charge on any atom is -0.282 e. The van der Waals surface area contributed by atoms with Crippen LogP contribution in [0.4, 0.5) is 0 Å². The predicted molar refractivity (Wildman–Crippen MR) is 42.1 cm³/mol.